The maximum Gasteiger partial charge on any atom is 0.338 e. The van der Waals surface area contributed by atoms with Crippen LogP contribution in [0.4, 0.5) is 5.69 Å². The smallest absolute Gasteiger partial charge is 0.338 e. The van der Waals surface area contributed by atoms with E-state index in [0.717, 1.165) is 12.8 Å². The highest BCUT2D eigenvalue weighted by molar-refractivity contribution is 7.89. The van der Waals surface area contributed by atoms with Gasteiger partial charge in [0.05, 0.1) is 17.1 Å². The van der Waals surface area contributed by atoms with Crippen LogP contribution in [0.3, 0.4) is 0 Å². The number of esters is 1. The van der Waals surface area contributed by atoms with Gasteiger partial charge in [0, 0.05) is 24.3 Å². The van der Waals surface area contributed by atoms with Crippen molar-refractivity contribution in [2.75, 3.05) is 25.0 Å². The van der Waals surface area contributed by atoms with Gasteiger partial charge in [-0.3, -0.25) is 4.79 Å². The molecule has 0 aliphatic carbocycles. The number of amides is 1. The molecule has 1 saturated heterocycles. The van der Waals surface area contributed by atoms with Crippen LogP contribution in [-0.2, 0) is 14.8 Å². The molecule has 0 radical (unpaired) electrons. The minimum atomic E-state index is -3.50. The van der Waals surface area contributed by atoms with Crippen LogP contribution >= 0.6 is 0 Å². The lowest BCUT2D eigenvalue weighted by atomic mass is 10.2. The number of hydrogen-bond acceptors (Lipinski definition) is 5. The van der Waals surface area contributed by atoms with Crippen molar-refractivity contribution in [3.63, 3.8) is 0 Å². The van der Waals surface area contributed by atoms with Crippen molar-refractivity contribution in [3.8, 4) is 0 Å². The third-order valence-corrected chi connectivity index (χ3v) is 6.39. The lowest BCUT2D eigenvalue weighted by Crippen LogP contribution is -2.27. The molecule has 0 bridgehead atoms. The first-order chi connectivity index (χ1) is 13.4. The van der Waals surface area contributed by atoms with Gasteiger partial charge in [-0.25, -0.2) is 13.2 Å². The second-order valence-corrected chi connectivity index (χ2v) is 8.33. The van der Waals surface area contributed by atoms with Gasteiger partial charge < -0.3 is 10.1 Å². The second kappa shape index (κ2) is 8.53. The van der Waals surface area contributed by atoms with Crippen LogP contribution in [0, 0.1) is 0 Å². The zero-order chi connectivity index (χ0) is 20.1. The molecule has 1 aliphatic rings. The number of hydrogen-bond donors (Lipinski definition) is 1. The highest BCUT2D eigenvalue weighted by Gasteiger charge is 2.27. The van der Waals surface area contributed by atoms with E-state index in [9.17, 15) is 18.0 Å². The molecule has 1 N–H and O–H groups in total. The van der Waals surface area contributed by atoms with E-state index in [1.807, 2.05) is 0 Å². The van der Waals surface area contributed by atoms with Gasteiger partial charge in [0.15, 0.2) is 0 Å². The molecule has 28 heavy (non-hydrogen) atoms. The topological polar surface area (TPSA) is 92.8 Å². The number of nitrogens with one attached hydrogen (secondary N) is 1. The third kappa shape index (κ3) is 4.40. The van der Waals surface area contributed by atoms with Crippen molar-refractivity contribution in [3.05, 3.63) is 59.7 Å². The molecule has 2 aromatic carbocycles. The fourth-order valence-corrected chi connectivity index (χ4v) is 4.48. The number of benzene rings is 2. The number of sulfonamides is 1. The molecular weight excluding hydrogens is 380 g/mol. The average molecular weight is 402 g/mol. The number of carbonyl (C=O) groups is 2. The molecule has 0 saturated carbocycles. The zero-order valence-electron chi connectivity index (χ0n) is 15.6. The second-order valence-electron chi connectivity index (χ2n) is 6.39. The Morgan fingerprint density at radius 2 is 1.54 bits per heavy atom. The van der Waals surface area contributed by atoms with E-state index in [2.05, 4.69) is 5.32 Å². The summed E-state index contributed by atoms with van der Waals surface area (Å²) in [6.07, 6.45) is 1.74. The summed E-state index contributed by atoms with van der Waals surface area (Å²) < 4.78 is 31.4. The fraction of sp³-hybridized carbons (Fsp3) is 0.300. The predicted molar refractivity (Wildman–Crippen MR) is 105 cm³/mol. The van der Waals surface area contributed by atoms with Crippen LogP contribution in [0.2, 0.25) is 0 Å². The molecule has 1 heterocycles. The summed E-state index contributed by atoms with van der Waals surface area (Å²) in [4.78, 5) is 24.2. The molecule has 1 aliphatic heterocycles. The van der Waals surface area contributed by atoms with Gasteiger partial charge >= 0.3 is 5.97 Å². The Morgan fingerprint density at radius 1 is 0.964 bits per heavy atom. The van der Waals surface area contributed by atoms with Crippen LogP contribution in [0.1, 0.15) is 40.5 Å². The Kier molecular flexibility index (Phi) is 6.11. The normalized spacial score (nSPS) is 14.6. The fourth-order valence-electron chi connectivity index (χ4n) is 2.96. The van der Waals surface area contributed by atoms with Crippen molar-refractivity contribution in [1.29, 1.82) is 0 Å². The van der Waals surface area contributed by atoms with E-state index in [1.165, 1.54) is 28.6 Å². The lowest BCUT2D eigenvalue weighted by Gasteiger charge is -2.15. The minimum Gasteiger partial charge on any atom is -0.462 e. The van der Waals surface area contributed by atoms with E-state index in [0.29, 0.717) is 36.5 Å². The van der Waals surface area contributed by atoms with Gasteiger partial charge in [-0.15, -0.1) is 0 Å². The van der Waals surface area contributed by atoms with Crippen molar-refractivity contribution in [2.24, 2.45) is 0 Å². The number of rotatable bonds is 6. The van der Waals surface area contributed by atoms with Gasteiger partial charge in [0.2, 0.25) is 10.0 Å². The molecule has 0 atom stereocenters. The molecule has 2 aromatic rings. The summed E-state index contributed by atoms with van der Waals surface area (Å²) in [7, 11) is -3.50. The Balaban J connectivity index is 1.67. The Bertz CT molecular complexity index is 947. The average Bonchev–Trinajstić information content (AvgIpc) is 3.24. The molecule has 8 heteroatoms. The van der Waals surface area contributed by atoms with E-state index >= 15 is 0 Å². The number of ether oxygens (including phenoxy) is 1. The molecule has 7 nitrogen and oxygen atoms in total. The lowest BCUT2D eigenvalue weighted by molar-refractivity contribution is 0.0526. The van der Waals surface area contributed by atoms with E-state index in [4.69, 9.17) is 4.74 Å². The molecule has 0 spiro atoms. The highest BCUT2D eigenvalue weighted by Crippen LogP contribution is 2.21. The maximum atomic E-state index is 12.5. The van der Waals surface area contributed by atoms with Crippen molar-refractivity contribution in [1.82, 2.24) is 4.31 Å². The van der Waals surface area contributed by atoms with Gasteiger partial charge in [-0.05, 0) is 68.3 Å². The largest absolute Gasteiger partial charge is 0.462 e. The first kappa shape index (κ1) is 20.0. The molecule has 3 rings (SSSR count). The molecule has 148 valence electrons. The third-order valence-electron chi connectivity index (χ3n) is 4.47. The van der Waals surface area contributed by atoms with Crippen molar-refractivity contribution in [2.45, 2.75) is 24.7 Å². The zero-order valence-corrected chi connectivity index (χ0v) is 16.4. The van der Waals surface area contributed by atoms with E-state index < -0.39 is 16.0 Å². The van der Waals surface area contributed by atoms with Gasteiger partial charge in [-0.2, -0.15) is 4.31 Å². The highest BCUT2D eigenvalue weighted by atomic mass is 32.2. The van der Waals surface area contributed by atoms with Crippen LogP contribution < -0.4 is 5.32 Å². The summed E-state index contributed by atoms with van der Waals surface area (Å²) in [6.45, 7) is 3.09. The number of nitrogens with zero attached hydrogens (tertiary/aromatic N) is 1. The quantitative estimate of drug-likeness (QED) is 0.750. The monoisotopic (exact) mass is 402 g/mol. The van der Waals surface area contributed by atoms with E-state index in [-0.39, 0.29) is 10.8 Å². The summed E-state index contributed by atoms with van der Waals surface area (Å²) in [5.74, 6) is -0.788. The Hall–Kier alpha value is -2.71. The number of carbonyl (C=O) groups excluding carboxylic acids is 2. The summed E-state index contributed by atoms with van der Waals surface area (Å²) in [5, 5.41) is 2.72. The first-order valence-corrected chi connectivity index (χ1v) is 10.5. The van der Waals surface area contributed by atoms with Crippen LogP contribution in [0.15, 0.2) is 53.4 Å². The van der Waals surface area contributed by atoms with Crippen molar-refractivity contribution >= 4 is 27.6 Å². The molecule has 1 amide bonds. The molecule has 0 aromatic heterocycles. The van der Waals surface area contributed by atoms with Crippen LogP contribution in [-0.4, -0.2) is 44.3 Å². The Morgan fingerprint density at radius 3 is 2.11 bits per heavy atom. The Labute approximate surface area is 164 Å². The molecule has 0 unspecified atom stereocenters. The number of anilines is 1. The standard InChI is InChI=1S/C20H22N2O5S/c1-2-27-20(24)16-5-9-17(10-6-16)21-19(23)15-7-11-18(12-8-15)28(25,26)22-13-3-4-14-22/h5-12H,2-4,13-14H2,1H3,(H,21,23). The van der Waals surface area contributed by atoms with Gasteiger partial charge in [-0.1, -0.05) is 0 Å². The first-order valence-electron chi connectivity index (χ1n) is 9.10. The van der Waals surface area contributed by atoms with Crippen LogP contribution in [0.25, 0.3) is 0 Å². The summed E-state index contributed by atoms with van der Waals surface area (Å²) in [5.41, 5.74) is 1.26. The molecule has 1 fully saturated rings. The van der Waals surface area contributed by atoms with Gasteiger partial charge in [0.1, 0.15) is 0 Å². The van der Waals surface area contributed by atoms with Crippen molar-refractivity contribution < 1.29 is 22.7 Å². The van der Waals surface area contributed by atoms with Crippen LogP contribution in [0.5, 0.6) is 0 Å². The summed E-state index contributed by atoms with van der Waals surface area (Å²) in [6, 6.07) is 12.2. The summed E-state index contributed by atoms with van der Waals surface area (Å²) >= 11 is 0. The SMILES string of the molecule is CCOC(=O)c1ccc(NC(=O)c2ccc(S(=O)(=O)N3CCCC3)cc2)cc1. The van der Waals surface area contributed by atoms with Gasteiger partial charge in [0.25, 0.3) is 5.91 Å². The van der Waals surface area contributed by atoms with E-state index in [1.54, 1.807) is 31.2 Å². The molecular formula is C20H22N2O5S. The predicted octanol–water partition coefficient (Wildman–Crippen LogP) is 2.90. The maximum absolute atomic E-state index is 12.5. The minimum absolute atomic E-state index is 0.185.